The lowest BCUT2D eigenvalue weighted by Gasteiger charge is -2.29. The van der Waals surface area contributed by atoms with E-state index in [0.29, 0.717) is 12.5 Å². The predicted octanol–water partition coefficient (Wildman–Crippen LogP) is 3.06. The normalized spacial score (nSPS) is 24.7. The van der Waals surface area contributed by atoms with Gasteiger partial charge < -0.3 is 10.5 Å². The summed E-state index contributed by atoms with van der Waals surface area (Å²) < 4.78 is 5.61. The van der Waals surface area contributed by atoms with Crippen LogP contribution in [0.2, 0.25) is 0 Å². The van der Waals surface area contributed by atoms with E-state index in [2.05, 4.69) is 0 Å². The zero-order valence-electron chi connectivity index (χ0n) is 11.5. The van der Waals surface area contributed by atoms with Gasteiger partial charge in [-0.2, -0.15) is 0 Å². The lowest BCUT2D eigenvalue weighted by Crippen LogP contribution is -2.33. The predicted molar refractivity (Wildman–Crippen MR) is 75.5 cm³/mol. The standard InChI is InChI=1S/C16H23NO2/c1-12(13-7-3-2-4-8-13)19-16(18)15-10-6-5-9-14(15)11-17/h2-4,7-8,12,14-15H,5-6,9-11,17H2,1H3. The SMILES string of the molecule is CC(OC(=O)C1CCCCC1CN)c1ccccc1. The second-order valence-corrected chi connectivity index (χ2v) is 5.38. The van der Waals surface area contributed by atoms with Crippen LogP contribution in [0.3, 0.4) is 0 Å². The highest BCUT2D eigenvalue weighted by atomic mass is 16.5. The van der Waals surface area contributed by atoms with Gasteiger partial charge in [0.1, 0.15) is 6.10 Å². The molecule has 3 atom stereocenters. The Morgan fingerprint density at radius 1 is 1.32 bits per heavy atom. The lowest BCUT2D eigenvalue weighted by atomic mass is 9.79. The van der Waals surface area contributed by atoms with Gasteiger partial charge in [0.05, 0.1) is 5.92 Å². The van der Waals surface area contributed by atoms with Crippen molar-refractivity contribution in [2.45, 2.75) is 38.7 Å². The molecule has 1 aromatic carbocycles. The number of rotatable bonds is 4. The molecular formula is C16H23NO2. The average Bonchev–Trinajstić information content (AvgIpc) is 2.48. The topological polar surface area (TPSA) is 52.3 Å². The molecule has 2 N–H and O–H groups in total. The van der Waals surface area contributed by atoms with Crippen LogP contribution in [0, 0.1) is 11.8 Å². The maximum atomic E-state index is 12.3. The molecule has 0 bridgehead atoms. The van der Waals surface area contributed by atoms with Crippen LogP contribution in [0.5, 0.6) is 0 Å². The number of benzene rings is 1. The number of ether oxygens (including phenoxy) is 1. The summed E-state index contributed by atoms with van der Waals surface area (Å²) in [7, 11) is 0. The van der Waals surface area contributed by atoms with E-state index in [1.165, 1.54) is 6.42 Å². The summed E-state index contributed by atoms with van der Waals surface area (Å²) in [6, 6.07) is 9.86. The van der Waals surface area contributed by atoms with Crippen molar-refractivity contribution in [3.63, 3.8) is 0 Å². The van der Waals surface area contributed by atoms with Crippen LogP contribution in [-0.4, -0.2) is 12.5 Å². The molecular weight excluding hydrogens is 238 g/mol. The first-order valence-electron chi connectivity index (χ1n) is 7.18. The van der Waals surface area contributed by atoms with Crippen LogP contribution in [0.1, 0.15) is 44.3 Å². The Morgan fingerprint density at radius 3 is 2.68 bits per heavy atom. The van der Waals surface area contributed by atoms with Crippen molar-refractivity contribution < 1.29 is 9.53 Å². The fourth-order valence-corrected chi connectivity index (χ4v) is 2.85. The molecule has 1 aliphatic carbocycles. The number of carbonyl (C=O) groups is 1. The average molecular weight is 261 g/mol. The maximum Gasteiger partial charge on any atom is 0.309 e. The minimum absolute atomic E-state index is 0.00934. The molecule has 0 saturated heterocycles. The first-order chi connectivity index (χ1) is 9.22. The second-order valence-electron chi connectivity index (χ2n) is 5.38. The quantitative estimate of drug-likeness (QED) is 0.847. The second kappa shape index (κ2) is 6.71. The van der Waals surface area contributed by atoms with Crippen LogP contribution >= 0.6 is 0 Å². The zero-order chi connectivity index (χ0) is 13.7. The van der Waals surface area contributed by atoms with E-state index in [1.807, 2.05) is 37.3 Å². The fraction of sp³-hybridized carbons (Fsp3) is 0.562. The molecule has 1 saturated carbocycles. The van der Waals surface area contributed by atoms with Crippen LogP contribution in [0.25, 0.3) is 0 Å². The Hall–Kier alpha value is -1.35. The fourth-order valence-electron chi connectivity index (χ4n) is 2.85. The van der Waals surface area contributed by atoms with Gasteiger partial charge in [-0.05, 0) is 37.8 Å². The molecule has 3 unspecified atom stereocenters. The molecule has 3 heteroatoms. The van der Waals surface area contributed by atoms with Gasteiger partial charge in [0.2, 0.25) is 0 Å². The van der Waals surface area contributed by atoms with Gasteiger partial charge in [0.25, 0.3) is 0 Å². The summed E-state index contributed by atoms with van der Waals surface area (Å²) in [5.74, 6) is 0.209. The monoisotopic (exact) mass is 261 g/mol. The maximum absolute atomic E-state index is 12.3. The lowest BCUT2D eigenvalue weighted by molar-refractivity contribution is -0.156. The molecule has 1 fully saturated rings. The Labute approximate surface area is 115 Å². The largest absolute Gasteiger partial charge is 0.458 e. The first-order valence-corrected chi connectivity index (χ1v) is 7.18. The third kappa shape index (κ3) is 3.57. The summed E-state index contributed by atoms with van der Waals surface area (Å²) in [5, 5.41) is 0. The van der Waals surface area contributed by atoms with Gasteiger partial charge in [0, 0.05) is 0 Å². The van der Waals surface area contributed by atoms with E-state index in [0.717, 1.165) is 24.8 Å². The Balaban J connectivity index is 1.96. The van der Waals surface area contributed by atoms with Crippen LogP contribution in [0.15, 0.2) is 30.3 Å². The van der Waals surface area contributed by atoms with Crippen LogP contribution in [0.4, 0.5) is 0 Å². The molecule has 0 radical (unpaired) electrons. The van der Waals surface area contributed by atoms with E-state index in [-0.39, 0.29) is 18.0 Å². The van der Waals surface area contributed by atoms with E-state index in [9.17, 15) is 4.79 Å². The summed E-state index contributed by atoms with van der Waals surface area (Å²) in [6.45, 7) is 2.51. The molecule has 0 spiro atoms. The summed E-state index contributed by atoms with van der Waals surface area (Å²) in [4.78, 5) is 12.3. The number of hydrogen-bond donors (Lipinski definition) is 1. The number of nitrogens with two attached hydrogens (primary N) is 1. The minimum atomic E-state index is -0.186. The molecule has 1 aromatic rings. The van der Waals surface area contributed by atoms with Crippen molar-refractivity contribution in [2.24, 2.45) is 17.6 Å². The molecule has 1 aliphatic rings. The van der Waals surface area contributed by atoms with Crippen molar-refractivity contribution in [2.75, 3.05) is 6.54 Å². The van der Waals surface area contributed by atoms with E-state index >= 15 is 0 Å². The number of esters is 1. The van der Waals surface area contributed by atoms with Gasteiger partial charge in [-0.25, -0.2) is 0 Å². The van der Waals surface area contributed by atoms with Crippen molar-refractivity contribution >= 4 is 5.97 Å². The highest BCUT2D eigenvalue weighted by molar-refractivity contribution is 5.73. The van der Waals surface area contributed by atoms with Gasteiger partial charge >= 0.3 is 5.97 Å². The Morgan fingerprint density at radius 2 is 2.00 bits per heavy atom. The molecule has 0 heterocycles. The number of carbonyl (C=O) groups excluding carboxylic acids is 1. The van der Waals surface area contributed by atoms with E-state index in [4.69, 9.17) is 10.5 Å². The first kappa shape index (κ1) is 14.1. The third-order valence-electron chi connectivity index (χ3n) is 4.08. The van der Waals surface area contributed by atoms with Gasteiger partial charge in [0.15, 0.2) is 0 Å². The van der Waals surface area contributed by atoms with Crippen molar-refractivity contribution in [3.05, 3.63) is 35.9 Å². The molecule has 3 nitrogen and oxygen atoms in total. The van der Waals surface area contributed by atoms with Gasteiger partial charge in [-0.1, -0.05) is 43.2 Å². The zero-order valence-corrected chi connectivity index (χ0v) is 11.5. The summed E-state index contributed by atoms with van der Waals surface area (Å²) in [5.41, 5.74) is 6.80. The summed E-state index contributed by atoms with van der Waals surface area (Å²) >= 11 is 0. The van der Waals surface area contributed by atoms with E-state index < -0.39 is 0 Å². The molecule has 0 amide bonds. The van der Waals surface area contributed by atoms with Crippen LogP contribution in [-0.2, 0) is 9.53 Å². The van der Waals surface area contributed by atoms with Crippen LogP contribution < -0.4 is 5.73 Å². The highest BCUT2D eigenvalue weighted by Gasteiger charge is 2.32. The smallest absolute Gasteiger partial charge is 0.309 e. The Kier molecular flexibility index (Phi) is 4.97. The Bertz CT molecular complexity index is 404. The van der Waals surface area contributed by atoms with Crippen molar-refractivity contribution in [1.29, 1.82) is 0 Å². The van der Waals surface area contributed by atoms with Gasteiger partial charge in [-0.3, -0.25) is 4.79 Å². The third-order valence-corrected chi connectivity index (χ3v) is 4.08. The highest BCUT2D eigenvalue weighted by Crippen LogP contribution is 2.31. The van der Waals surface area contributed by atoms with E-state index in [1.54, 1.807) is 0 Å². The number of hydrogen-bond acceptors (Lipinski definition) is 3. The molecule has 2 rings (SSSR count). The summed E-state index contributed by atoms with van der Waals surface area (Å²) in [6.07, 6.45) is 4.07. The molecule has 0 aromatic heterocycles. The molecule has 104 valence electrons. The minimum Gasteiger partial charge on any atom is -0.458 e. The van der Waals surface area contributed by atoms with Crippen molar-refractivity contribution in [1.82, 2.24) is 0 Å². The van der Waals surface area contributed by atoms with Crippen molar-refractivity contribution in [3.8, 4) is 0 Å². The molecule has 19 heavy (non-hydrogen) atoms. The molecule has 0 aliphatic heterocycles. The van der Waals surface area contributed by atoms with Gasteiger partial charge in [-0.15, -0.1) is 0 Å².